The molecule has 4 rings (SSSR count). The molecular weight excluding hydrogens is 351 g/mol. The van der Waals surface area contributed by atoms with Crippen LogP contribution in [0.1, 0.15) is 42.6 Å². The van der Waals surface area contributed by atoms with Gasteiger partial charge in [0.1, 0.15) is 5.82 Å². The monoisotopic (exact) mass is 378 g/mol. The van der Waals surface area contributed by atoms with Crippen molar-refractivity contribution >= 4 is 0 Å². The van der Waals surface area contributed by atoms with Crippen LogP contribution < -0.4 is 5.32 Å². The van der Waals surface area contributed by atoms with Gasteiger partial charge in [-0.3, -0.25) is 0 Å². The van der Waals surface area contributed by atoms with E-state index in [1.807, 2.05) is 12.1 Å². The molecule has 1 aliphatic heterocycles. The molecule has 1 saturated heterocycles. The van der Waals surface area contributed by atoms with Gasteiger partial charge in [-0.25, -0.2) is 4.39 Å². The Morgan fingerprint density at radius 2 is 1.79 bits per heavy atom. The maximum absolute atomic E-state index is 13.5. The average molecular weight is 378 g/mol. The number of benzene rings is 2. The van der Waals surface area contributed by atoms with Gasteiger partial charge in [0, 0.05) is 17.9 Å². The van der Waals surface area contributed by atoms with Gasteiger partial charge in [0.15, 0.2) is 0 Å². The summed E-state index contributed by atoms with van der Waals surface area (Å²) in [4.78, 5) is 0. The van der Waals surface area contributed by atoms with Gasteiger partial charge < -0.3 is 14.6 Å². The molecule has 0 amide bonds. The first-order chi connectivity index (χ1) is 13.5. The fourth-order valence-electron chi connectivity index (χ4n) is 3.92. The lowest BCUT2D eigenvalue weighted by Crippen LogP contribution is -2.34. The molecule has 1 unspecified atom stereocenters. The molecule has 28 heavy (non-hydrogen) atoms. The summed E-state index contributed by atoms with van der Waals surface area (Å²) in [5.41, 5.74) is 6.91. The molecule has 1 N–H and O–H groups in total. The smallest absolute Gasteiger partial charge is 0.123 e. The summed E-state index contributed by atoms with van der Waals surface area (Å²) < 4.78 is 21.4. The van der Waals surface area contributed by atoms with Gasteiger partial charge in [0.2, 0.25) is 0 Å². The van der Waals surface area contributed by atoms with Crippen LogP contribution in [0.3, 0.4) is 0 Å². The number of morpholine rings is 1. The minimum Gasteiger partial charge on any atom is -0.378 e. The first-order valence-electron chi connectivity index (χ1n) is 9.94. The highest BCUT2D eigenvalue weighted by atomic mass is 19.1. The number of hydrogen-bond acceptors (Lipinski definition) is 2. The van der Waals surface area contributed by atoms with Crippen LogP contribution >= 0.6 is 0 Å². The lowest BCUT2D eigenvalue weighted by molar-refractivity contribution is 0.0767. The van der Waals surface area contributed by atoms with Crippen molar-refractivity contribution in [3.05, 3.63) is 77.2 Å². The SMILES string of the molecule is Cc1c(C2COCCN2)cc(-c2ccc(F)cc2)n1-c1ccc(C(C)C)cc1. The van der Waals surface area contributed by atoms with E-state index in [2.05, 4.69) is 61.0 Å². The van der Waals surface area contributed by atoms with E-state index in [0.717, 1.165) is 30.1 Å². The summed E-state index contributed by atoms with van der Waals surface area (Å²) >= 11 is 0. The van der Waals surface area contributed by atoms with E-state index in [1.54, 1.807) is 0 Å². The van der Waals surface area contributed by atoms with Gasteiger partial charge >= 0.3 is 0 Å². The largest absolute Gasteiger partial charge is 0.378 e. The molecule has 1 aliphatic rings. The highest BCUT2D eigenvalue weighted by Crippen LogP contribution is 2.33. The van der Waals surface area contributed by atoms with Gasteiger partial charge in [0.05, 0.1) is 24.9 Å². The fraction of sp³-hybridized carbons (Fsp3) is 0.333. The second-order valence-corrected chi connectivity index (χ2v) is 7.74. The van der Waals surface area contributed by atoms with Crippen LogP contribution in [0.25, 0.3) is 16.9 Å². The lowest BCUT2D eigenvalue weighted by Gasteiger charge is -2.24. The van der Waals surface area contributed by atoms with E-state index in [0.29, 0.717) is 12.5 Å². The summed E-state index contributed by atoms with van der Waals surface area (Å²) in [6.07, 6.45) is 0. The number of hydrogen-bond donors (Lipinski definition) is 1. The number of halogens is 1. The molecule has 1 fully saturated rings. The molecule has 0 aliphatic carbocycles. The van der Waals surface area contributed by atoms with Crippen molar-refractivity contribution in [2.45, 2.75) is 32.7 Å². The van der Waals surface area contributed by atoms with Crippen molar-refractivity contribution in [2.75, 3.05) is 19.8 Å². The highest BCUT2D eigenvalue weighted by molar-refractivity contribution is 5.66. The Balaban J connectivity index is 1.84. The first-order valence-corrected chi connectivity index (χ1v) is 9.94. The van der Waals surface area contributed by atoms with E-state index in [9.17, 15) is 4.39 Å². The molecule has 146 valence electrons. The van der Waals surface area contributed by atoms with Gasteiger partial charge in [-0.1, -0.05) is 26.0 Å². The van der Waals surface area contributed by atoms with Crippen LogP contribution in [0.15, 0.2) is 54.6 Å². The predicted octanol–water partition coefficient (Wildman–Crippen LogP) is 5.38. The summed E-state index contributed by atoms with van der Waals surface area (Å²) in [7, 11) is 0. The molecular formula is C24H27FN2O. The Labute approximate surface area is 166 Å². The number of aromatic nitrogens is 1. The minimum atomic E-state index is -0.220. The second-order valence-electron chi connectivity index (χ2n) is 7.74. The lowest BCUT2D eigenvalue weighted by atomic mass is 10.0. The zero-order valence-electron chi connectivity index (χ0n) is 16.7. The Bertz CT molecular complexity index is 936. The molecule has 1 atom stereocenters. The molecule has 0 spiro atoms. The zero-order chi connectivity index (χ0) is 19.7. The molecule has 0 bridgehead atoms. The third-order valence-electron chi connectivity index (χ3n) is 5.54. The summed E-state index contributed by atoms with van der Waals surface area (Å²) in [5.74, 6) is 0.276. The average Bonchev–Trinajstić information content (AvgIpc) is 3.06. The van der Waals surface area contributed by atoms with Crippen molar-refractivity contribution < 1.29 is 9.13 Å². The Kier molecular flexibility index (Phi) is 5.33. The Morgan fingerprint density at radius 1 is 1.07 bits per heavy atom. The molecule has 3 nitrogen and oxygen atoms in total. The molecule has 1 aromatic heterocycles. The number of rotatable bonds is 4. The molecule has 4 heteroatoms. The second kappa shape index (κ2) is 7.90. The first kappa shape index (κ1) is 18.9. The highest BCUT2D eigenvalue weighted by Gasteiger charge is 2.23. The Morgan fingerprint density at radius 3 is 2.39 bits per heavy atom. The summed E-state index contributed by atoms with van der Waals surface area (Å²) in [5, 5.41) is 3.55. The number of nitrogens with one attached hydrogen (secondary N) is 1. The molecule has 2 heterocycles. The van der Waals surface area contributed by atoms with Gasteiger partial charge in [-0.2, -0.15) is 0 Å². The molecule has 2 aromatic carbocycles. The van der Waals surface area contributed by atoms with Crippen molar-refractivity contribution in [1.29, 1.82) is 0 Å². The van der Waals surface area contributed by atoms with E-state index in [4.69, 9.17) is 4.74 Å². The number of ether oxygens (including phenoxy) is 1. The van der Waals surface area contributed by atoms with Gasteiger partial charge in [0.25, 0.3) is 0 Å². The number of nitrogens with zero attached hydrogens (tertiary/aromatic N) is 1. The van der Waals surface area contributed by atoms with Crippen LogP contribution in [-0.2, 0) is 4.74 Å². The van der Waals surface area contributed by atoms with Crippen LogP contribution in [0.2, 0.25) is 0 Å². The molecule has 0 saturated carbocycles. The standard InChI is InChI=1S/C24H27FN2O/c1-16(2)18-6-10-21(11-7-18)27-17(3)22(23-15-28-13-12-26-23)14-24(27)19-4-8-20(25)9-5-19/h4-11,14,16,23,26H,12-13,15H2,1-3H3. The maximum Gasteiger partial charge on any atom is 0.123 e. The van der Waals surface area contributed by atoms with Gasteiger partial charge in [-0.15, -0.1) is 0 Å². The Hall–Kier alpha value is -2.43. The minimum absolute atomic E-state index is 0.170. The van der Waals surface area contributed by atoms with Crippen LogP contribution in [0.5, 0.6) is 0 Å². The van der Waals surface area contributed by atoms with Crippen molar-refractivity contribution in [1.82, 2.24) is 9.88 Å². The van der Waals surface area contributed by atoms with E-state index < -0.39 is 0 Å². The predicted molar refractivity (Wildman–Crippen MR) is 112 cm³/mol. The molecule has 0 radical (unpaired) electrons. The van der Waals surface area contributed by atoms with Crippen molar-refractivity contribution in [3.63, 3.8) is 0 Å². The van der Waals surface area contributed by atoms with Crippen LogP contribution in [0, 0.1) is 12.7 Å². The van der Waals surface area contributed by atoms with E-state index >= 15 is 0 Å². The quantitative estimate of drug-likeness (QED) is 0.660. The van der Waals surface area contributed by atoms with E-state index in [1.165, 1.54) is 29.0 Å². The van der Waals surface area contributed by atoms with Crippen molar-refractivity contribution in [3.8, 4) is 16.9 Å². The van der Waals surface area contributed by atoms with E-state index in [-0.39, 0.29) is 11.9 Å². The third kappa shape index (κ3) is 3.62. The molecule has 3 aromatic rings. The topological polar surface area (TPSA) is 26.2 Å². The fourth-order valence-corrected chi connectivity index (χ4v) is 3.92. The van der Waals surface area contributed by atoms with Crippen LogP contribution in [0.4, 0.5) is 4.39 Å². The summed E-state index contributed by atoms with van der Waals surface area (Å²) in [6.45, 7) is 8.82. The zero-order valence-corrected chi connectivity index (χ0v) is 16.7. The maximum atomic E-state index is 13.5. The third-order valence-corrected chi connectivity index (χ3v) is 5.54. The van der Waals surface area contributed by atoms with Gasteiger partial charge in [-0.05, 0) is 72.0 Å². The van der Waals surface area contributed by atoms with Crippen molar-refractivity contribution in [2.24, 2.45) is 0 Å². The summed E-state index contributed by atoms with van der Waals surface area (Å²) in [6, 6.07) is 17.8. The normalized spacial score (nSPS) is 17.2. The van der Waals surface area contributed by atoms with Crippen LogP contribution in [-0.4, -0.2) is 24.3 Å².